The highest BCUT2D eigenvalue weighted by Crippen LogP contribution is 2.20. The number of para-hydroxylation sites is 1. The largest absolute Gasteiger partial charge is 0.508 e. The van der Waals surface area contributed by atoms with Crippen molar-refractivity contribution < 1.29 is 48.9 Å². The van der Waals surface area contributed by atoms with E-state index in [4.69, 9.17) is 5.73 Å². The molecule has 20 heteroatoms. The molecule has 20 nitrogen and oxygen atoms in total. The SMILES string of the molecule is NCCCC[C@@H](NC(=O)[C@H](Cc1ccc(O)cc1)NC(=O)[C@@H](CO)NC(=O)[C@H](Cc1c[nH]c2ccccc12)NC(=O)[C@H](Cc1cnc[nH]1)NC(=O)[C@@H]1CCC(=O)N1)C(=O)O. The van der Waals surface area contributed by atoms with Crippen molar-refractivity contribution in [3.8, 4) is 5.75 Å². The van der Waals surface area contributed by atoms with E-state index in [9.17, 15) is 48.9 Å². The summed E-state index contributed by atoms with van der Waals surface area (Å²) in [6.45, 7) is -0.620. The molecule has 3 heterocycles. The number of aromatic nitrogens is 3. The summed E-state index contributed by atoms with van der Waals surface area (Å²) in [5.41, 5.74) is 7.87. The molecule has 2 aromatic heterocycles. The lowest BCUT2D eigenvalue weighted by molar-refractivity contribution is -0.142. The summed E-state index contributed by atoms with van der Waals surface area (Å²) in [6.07, 6.45) is 5.54. The van der Waals surface area contributed by atoms with Crippen molar-refractivity contribution in [2.75, 3.05) is 13.2 Å². The number of phenolic OH excluding ortho intramolecular Hbond substituents is 1. The Morgan fingerprint density at radius 2 is 1.42 bits per heavy atom. The average molecular weight is 831 g/mol. The summed E-state index contributed by atoms with van der Waals surface area (Å²) in [5, 5.41) is 46.0. The van der Waals surface area contributed by atoms with E-state index in [2.05, 4.69) is 46.9 Å². The highest BCUT2D eigenvalue weighted by Gasteiger charge is 2.35. The smallest absolute Gasteiger partial charge is 0.326 e. The number of nitrogens with two attached hydrogens (primary N) is 1. The van der Waals surface area contributed by atoms with Crippen molar-refractivity contribution in [1.29, 1.82) is 0 Å². The first-order valence-corrected chi connectivity index (χ1v) is 19.5. The van der Waals surface area contributed by atoms with Gasteiger partial charge < -0.3 is 62.9 Å². The number of amides is 6. The van der Waals surface area contributed by atoms with E-state index < -0.39 is 78.4 Å². The molecular weight excluding hydrogens is 780 g/mol. The van der Waals surface area contributed by atoms with E-state index in [1.54, 1.807) is 12.3 Å². The lowest BCUT2D eigenvalue weighted by Crippen LogP contribution is -2.60. The van der Waals surface area contributed by atoms with Gasteiger partial charge in [-0.15, -0.1) is 0 Å². The molecule has 1 aliphatic rings. The third kappa shape index (κ3) is 12.4. The Kier molecular flexibility index (Phi) is 15.7. The third-order valence-electron chi connectivity index (χ3n) is 10.0. The number of aliphatic carboxylic acids is 1. The van der Waals surface area contributed by atoms with Crippen LogP contribution in [0.1, 0.15) is 48.9 Å². The van der Waals surface area contributed by atoms with E-state index in [0.29, 0.717) is 36.2 Å². The number of carbonyl (C=O) groups excluding carboxylic acids is 6. The number of aromatic amines is 2. The molecule has 6 atom stereocenters. The maximum Gasteiger partial charge on any atom is 0.326 e. The first-order valence-electron chi connectivity index (χ1n) is 19.5. The minimum absolute atomic E-state index is 0.0516. The van der Waals surface area contributed by atoms with Gasteiger partial charge in [0.25, 0.3) is 0 Å². The maximum atomic E-state index is 14.2. The monoisotopic (exact) mass is 830 g/mol. The molecule has 13 N–H and O–H groups in total. The van der Waals surface area contributed by atoms with Gasteiger partial charge in [0.05, 0.1) is 12.9 Å². The Labute approximate surface area is 343 Å². The van der Waals surface area contributed by atoms with Gasteiger partial charge in [0.15, 0.2) is 0 Å². The van der Waals surface area contributed by atoms with Crippen LogP contribution in [0.5, 0.6) is 5.75 Å². The number of H-pyrrole nitrogens is 2. The van der Waals surface area contributed by atoms with Gasteiger partial charge in [-0.2, -0.15) is 0 Å². The molecule has 0 unspecified atom stereocenters. The number of rotatable bonds is 22. The van der Waals surface area contributed by atoms with E-state index in [-0.39, 0.29) is 50.2 Å². The second-order valence-electron chi connectivity index (χ2n) is 14.5. The molecular formula is C40H50N10O10. The first kappa shape index (κ1) is 44.3. The van der Waals surface area contributed by atoms with Gasteiger partial charge in [0.2, 0.25) is 35.4 Å². The summed E-state index contributed by atoms with van der Waals surface area (Å²) in [7, 11) is 0. The van der Waals surface area contributed by atoms with Gasteiger partial charge in [0, 0.05) is 54.7 Å². The number of carboxylic acid groups (broad SMARTS) is 1. The minimum atomic E-state index is -1.67. The molecule has 2 aromatic carbocycles. The van der Waals surface area contributed by atoms with E-state index >= 15 is 0 Å². The zero-order valence-electron chi connectivity index (χ0n) is 32.6. The van der Waals surface area contributed by atoms with E-state index in [1.165, 1.54) is 36.8 Å². The lowest BCUT2D eigenvalue weighted by atomic mass is 10.0. The molecule has 320 valence electrons. The van der Waals surface area contributed by atoms with Crippen LogP contribution in [0.15, 0.2) is 67.3 Å². The molecule has 1 fully saturated rings. The van der Waals surface area contributed by atoms with Crippen molar-refractivity contribution in [1.82, 2.24) is 46.9 Å². The van der Waals surface area contributed by atoms with Crippen LogP contribution in [0.25, 0.3) is 10.9 Å². The predicted molar refractivity (Wildman–Crippen MR) is 215 cm³/mol. The van der Waals surface area contributed by atoms with Crippen LogP contribution < -0.4 is 37.6 Å². The number of nitrogens with one attached hydrogen (secondary N) is 8. The number of benzene rings is 2. The molecule has 0 saturated carbocycles. The van der Waals surface area contributed by atoms with Crippen LogP contribution in [0.3, 0.4) is 0 Å². The number of fused-ring (bicyclic) bond motifs is 1. The fourth-order valence-electron chi connectivity index (χ4n) is 6.75. The third-order valence-corrected chi connectivity index (χ3v) is 10.0. The molecule has 1 saturated heterocycles. The quantitative estimate of drug-likeness (QED) is 0.0404. The molecule has 0 radical (unpaired) electrons. The van der Waals surface area contributed by atoms with Gasteiger partial charge in [-0.1, -0.05) is 30.3 Å². The Hall–Kier alpha value is -6.80. The second kappa shape index (κ2) is 21.3. The molecule has 5 rings (SSSR count). The first-order chi connectivity index (χ1) is 28.8. The van der Waals surface area contributed by atoms with Crippen molar-refractivity contribution >= 4 is 52.3 Å². The number of imidazole rings is 1. The van der Waals surface area contributed by atoms with E-state index in [0.717, 1.165) is 10.9 Å². The summed E-state index contributed by atoms with van der Waals surface area (Å²) < 4.78 is 0. The van der Waals surface area contributed by atoms with Gasteiger partial charge >= 0.3 is 5.97 Å². The molecule has 60 heavy (non-hydrogen) atoms. The minimum Gasteiger partial charge on any atom is -0.508 e. The van der Waals surface area contributed by atoms with Crippen molar-refractivity contribution in [3.63, 3.8) is 0 Å². The van der Waals surface area contributed by atoms with E-state index in [1.807, 2.05) is 18.2 Å². The fraction of sp³-hybridized carbons (Fsp3) is 0.400. The van der Waals surface area contributed by atoms with Crippen LogP contribution in [0, 0.1) is 0 Å². The molecule has 1 aliphatic heterocycles. The summed E-state index contributed by atoms with van der Waals surface area (Å²) >= 11 is 0. The lowest BCUT2D eigenvalue weighted by Gasteiger charge is -2.26. The summed E-state index contributed by atoms with van der Waals surface area (Å²) in [4.78, 5) is 103. The topological polar surface area (TPSA) is 323 Å². The zero-order valence-corrected chi connectivity index (χ0v) is 32.6. The number of hydrogen-bond acceptors (Lipinski definition) is 11. The second-order valence-corrected chi connectivity index (χ2v) is 14.5. The fourth-order valence-corrected chi connectivity index (χ4v) is 6.75. The predicted octanol–water partition coefficient (Wildman–Crippen LogP) is -1.47. The number of phenols is 1. The van der Waals surface area contributed by atoms with Gasteiger partial charge in [-0.05, 0) is 61.6 Å². The molecule has 0 aliphatic carbocycles. The standard InChI is InChI=1S/C40H50N10O10/c41-14-4-3-7-29(40(59)60)46-36(55)30(15-22-8-10-25(52)11-9-22)47-39(58)33(20-51)50-37(56)31(16-23-18-43-27-6-2-1-5-26(23)27)48-38(57)32(17-24-19-42-21-44-24)49-35(54)28-12-13-34(53)45-28/h1-2,5-6,8-11,18-19,21,28-33,43,51-52H,3-4,7,12-17,20,41H2,(H,42,44)(H,45,53)(H,46,55)(H,47,58)(H,48,57)(H,49,54)(H,50,56)(H,59,60)/t28-,29+,30-,31-,32-,33+/m0/s1. The molecule has 0 spiro atoms. The van der Waals surface area contributed by atoms with Crippen LogP contribution >= 0.6 is 0 Å². The van der Waals surface area contributed by atoms with Crippen molar-refractivity contribution in [2.24, 2.45) is 5.73 Å². The van der Waals surface area contributed by atoms with Crippen molar-refractivity contribution in [3.05, 3.63) is 84.1 Å². The van der Waals surface area contributed by atoms with Gasteiger partial charge in [-0.25, -0.2) is 9.78 Å². The number of unbranched alkanes of at least 4 members (excludes halogenated alkanes) is 1. The maximum absolute atomic E-state index is 14.2. The van der Waals surface area contributed by atoms with Crippen LogP contribution in [-0.4, -0.2) is 121 Å². The Balaban J connectivity index is 1.37. The summed E-state index contributed by atoms with van der Waals surface area (Å²) in [5.74, 6) is -5.80. The highest BCUT2D eigenvalue weighted by molar-refractivity contribution is 5.98. The molecule has 0 bridgehead atoms. The Morgan fingerprint density at radius 1 is 0.783 bits per heavy atom. The summed E-state index contributed by atoms with van der Waals surface area (Å²) in [6, 6.07) is 5.11. The number of hydrogen-bond donors (Lipinski definition) is 12. The molecule has 6 amide bonds. The van der Waals surface area contributed by atoms with Crippen LogP contribution in [0.4, 0.5) is 0 Å². The normalized spacial score (nSPS) is 16.1. The number of carboxylic acids is 1. The van der Waals surface area contributed by atoms with Crippen LogP contribution in [0.2, 0.25) is 0 Å². The Bertz CT molecular complexity index is 2120. The van der Waals surface area contributed by atoms with Crippen molar-refractivity contribution in [2.45, 2.75) is 87.6 Å². The zero-order chi connectivity index (χ0) is 43.2. The number of nitrogens with zero attached hydrogens (tertiary/aromatic N) is 1. The number of aliphatic hydroxyl groups excluding tert-OH is 1. The highest BCUT2D eigenvalue weighted by atomic mass is 16.4. The Morgan fingerprint density at radius 3 is 2.03 bits per heavy atom. The number of aliphatic hydroxyl groups is 1. The van der Waals surface area contributed by atoms with Crippen LogP contribution in [-0.2, 0) is 52.8 Å². The number of aromatic hydroxyl groups is 1. The average Bonchev–Trinajstić information content (AvgIpc) is 4.01. The van der Waals surface area contributed by atoms with Gasteiger partial charge in [-0.3, -0.25) is 28.8 Å². The number of carbonyl (C=O) groups is 7. The van der Waals surface area contributed by atoms with Gasteiger partial charge in [0.1, 0.15) is 42.0 Å². The molecule has 4 aromatic rings.